The van der Waals surface area contributed by atoms with Crippen molar-refractivity contribution in [1.29, 1.82) is 0 Å². The van der Waals surface area contributed by atoms with E-state index in [-0.39, 0.29) is 24.8 Å². The van der Waals surface area contributed by atoms with E-state index in [0.29, 0.717) is 12.1 Å². The van der Waals surface area contributed by atoms with Crippen LogP contribution in [0.1, 0.15) is 21.5 Å². The van der Waals surface area contributed by atoms with Gasteiger partial charge in [-0.15, -0.1) is 0 Å². The zero-order valence-corrected chi connectivity index (χ0v) is 12.0. The highest BCUT2D eigenvalue weighted by molar-refractivity contribution is 5.94. The lowest BCUT2D eigenvalue weighted by Crippen LogP contribution is -2.33. The summed E-state index contributed by atoms with van der Waals surface area (Å²) in [5.74, 6) is -0.104. The van der Waals surface area contributed by atoms with Crippen molar-refractivity contribution in [3.8, 4) is 5.75 Å². The molecule has 4 heteroatoms. The molecule has 0 aliphatic heterocycles. The van der Waals surface area contributed by atoms with Crippen LogP contribution in [0.4, 0.5) is 0 Å². The van der Waals surface area contributed by atoms with Gasteiger partial charge in [0, 0.05) is 18.7 Å². The van der Waals surface area contributed by atoms with E-state index in [1.54, 1.807) is 24.0 Å². The quantitative estimate of drug-likeness (QED) is 0.886. The number of phenols is 1. The van der Waals surface area contributed by atoms with Crippen LogP contribution < -0.4 is 0 Å². The maximum Gasteiger partial charge on any atom is 0.254 e. The SMILES string of the molecule is Cc1ccc(C(=O)N(CCO)Cc2ccccc2)cc1O. The average Bonchev–Trinajstić information content (AvgIpc) is 2.50. The molecule has 0 aliphatic carbocycles. The Morgan fingerprint density at radius 1 is 1.14 bits per heavy atom. The molecule has 0 fully saturated rings. The van der Waals surface area contributed by atoms with Crippen molar-refractivity contribution in [2.75, 3.05) is 13.2 Å². The van der Waals surface area contributed by atoms with E-state index in [1.807, 2.05) is 30.3 Å². The number of nitrogens with zero attached hydrogens (tertiary/aromatic N) is 1. The number of aromatic hydroxyl groups is 1. The Labute approximate surface area is 124 Å². The Morgan fingerprint density at radius 2 is 1.86 bits per heavy atom. The van der Waals surface area contributed by atoms with Gasteiger partial charge in [0.25, 0.3) is 5.91 Å². The van der Waals surface area contributed by atoms with Gasteiger partial charge in [-0.1, -0.05) is 36.4 Å². The third-order valence-electron chi connectivity index (χ3n) is 3.33. The minimum atomic E-state index is -0.205. The van der Waals surface area contributed by atoms with Crippen LogP contribution in [-0.2, 0) is 6.54 Å². The predicted molar refractivity (Wildman–Crippen MR) is 81.1 cm³/mol. The largest absolute Gasteiger partial charge is 0.508 e. The van der Waals surface area contributed by atoms with E-state index < -0.39 is 0 Å². The lowest BCUT2D eigenvalue weighted by atomic mass is 10.1. The van der Waals surface area contributed by atoms with Crippen LogP contribution in [0.5, 0.6) is 5.75 Å². The summed E-state index contributed by atoms with van der Waals surface area (Å²) in [6.07, 6.45) is 0. The Balaban J connectivity index is 2.20. The molecule has 0 atom stereocenters. The Morgan fingerprint density at radius 3 is 2.48 bits per heavy atom. The second-order valence-corrected chi connectivity index (χ2v) is 4.94. The zero-order chi connectivity index (χ0) is 15.2. The maximum absolute atomic E-state index is 12.5. The Bertz CT molecular complexity index is 611. The molecule has 2 aromatic carbocycles. The summed E-state index contributed by atoms with van der Waals surface area (Å²) in [4.78, 5) is 14.1. The van der Waals surface area contributed by atoms with E-state index in [2.05, 4.69) is 0 Å². The van der Waals surface area contributed by atoms with Gasteiger partial charge in [0.2, 0.25) is 0 Å². The molecule has 0 heterocycles. The van der Waals surface area contributed by atoms with Crippen LogP contribution in [0.15, 0.2) is 48.5 Å². The fourth-order valence-corrected chi connectivity index (χ4v) is 2.10. The van der Waals surface area contributed by atoms with Gasteiger partial charge in [-0.05, 0) is 30.2 Å². The minimum Gasteiger partial charge on any atom is -0.508 e. The maximum atomic E-state index is 12.5. The third kappa shape index (κ3) is 3.83. The van der Waals surface area contributed by atoms with Crippen molar-refractivity contribution in [2.45, 2.75) is 13.5 Å². The molecular formula is C17H19NO3. The molecule has 0 spiro atoms. The molecule has 0 aliphatic rings. The number of rotatable bonds is 5. The zero-order valence-electron chi connectivity index (χ0n) is 12.0. The van der Waals surface area contributed by atoms with Crippen molar-refractivity contribution in [3.05, 3.63) is 65.2 Å². The standard InChI is InChI=1S/C17H19NO3/c1-13-7-8-15(11-16(13)20)17(21)18(9-10-19)12-14-5-3-2-4-6-14/h2-8,11,19-20H,9-10,12H2,1H3. The van der Waals surface area contributed by atoms with E-state index >= 15 is 0 Å². The molecule has 0 aromatic heterocycles. The minimum absolute atomic E-state index is 0.101. The number of amides is 1. The number of benzene rings is 2. The Hall–Kier alpha value is -2.33. The third-order valence-corrected chi connectivity index (χ3v) is 3.33. The first-order valence-electron chi connectivity index (χ1n) is 6.85. The van der Waals surface area contributed by atoms with Crippen molar-refractivity contribution in [2.24, 2.45) is 0 Å². The average molecular weight is 285 g/mol. The van der Waals surface area contributed by atoms with Crippen LogP contribution in [0.25, 0.3) is 0 Å². The fourth-order valence-electron chi connectivity index (χ4n) is 2.10. The molecule has 0 saturated heterocycles. The molecule has 4 nitrogen and oxygen atoms in total. The summed E-state index contributed by atoms with van der Waals surface area (Å²) >= 11 is 0. The summed E-state index contributed by atoms with van der Waals surface area (Å²) in [5, 5.41) is 18.9. The van der Waals surface area contributed by atoms with E-state index in [0.717, 1.165) is 11.1 Å². The molecule has 2 rings (SSSR count). The molecule has 0 bridgehead atoms. The van der Waals surface area contributed by atoms with Gasteiger partial charge in [0.15, 0.2) is 0 Å². The highest BCUT2D eigenvalue weighted by Crippen LogP contribution is 2.19. The predicted octanol–water partition coefficient (Wildman–Crippen LogP) is 2.34. The molecule has 2 aromatic rings. The van der Waals surface area contributed by atoms with Gasteiger partial charge in [0.1, 0.15) is 5.75 Å². The van der Waals surface area contributed by atoms with Gasteiger partial charge in [0.05, 0.1) is 6.61 Å². The van der Waals surface area contributed by atoms with Gasteiger partial charge < -0.3 is 15.1 Å². The van der Waals surface area contributed by atoms with Crippen molar-refractivity contribution in [3.63, 3.8) is 0 Å². The lowest BCUT2D eigenvalue weighted by Gasteiger charge is -2.22. The topological polar surface area (TPSA) is 60.8 Å². The molecule has 21 heavy (non-hydrogen) atoms. The van der Waals surface area contributed by atoms with Crippen LogP contribution in [-0.4, -0.2) is 34.2 Å². The van der Waals surface area contributed by atoms with Gasteiger partial charge in [-0.3, -0.25) is 4.79 Å². The van der Waals surface area contributed by atoms with Gasteiger partial charge in [-0.2, -0.15) is 0 Å². The van der Waals surface area contributed by atoms with Crippen molar-refractivity contribution < 1.29 is 15.0 Å². The van der Waals surface area contributed by atoms with Crippen LogP contribution >= 0.6 is 0 Å². The molecule has 110 valence electrons. The first-order chi connectivity index (χ1) is 10.1. The molecule has 0 unspecified atom stereocenters. The van der Waals surface area contributed by atoms with Crippen LogP contribution in [0, 0.1) is 6.92 Å². The number of hydrogen-bond acceptors (Lipinski definition) is 3. The highest BCUT2D eigenvalue weighted by atomic mass is 16.3. The van der Waals surface area contributed by atoms with Crippen LogP contribution in [0.3, 0.4) is 0 Å². The summed E-state index contributed by atoms with van der Waals surface area (Å²) < 4.78 is 0. The number of carbonyl (C=O) groups excluding carboxylic acids is 1. The number of aliphatic hydroxyl groups excluding tert-OH is 1. The number of aliphatic hydroxyl groups is 1. The summed E-state index contributed by atoms with van der Waals surface area (Å²) in [5.41, 5.74) is 2.14. The van der Waals surface area contributed by atoms with Crippen molar-refractivity contribution in [1.82, 2.24) is 4.90 Å². The first kappa shape index (κ1) is 15.1. The van der Waals surface area contributed by atoms with Gasteiger partial charge in [-0.25, -0.2) is 0 Å². The van der Waals surface area contributed by atoms with E-state index in [1.165, 1.54) is 6.07 Å². The fraction of sp³-hybridized carbons (Fsp3) is 0.235. The second-order valence-electron chi connectivity index (χ2n) is 4.94. The lowest BCUT2D eigenvalue weighted by molar-refractivity contribution is 0.0707. The number of hydrogen-bond donors (Lipinski definition) is 2. The van der Waals surface area contributed by atoms with Gasteiger partial charge >= 0.3 is 0 Å². The number of carbonyl (C=O) groups is 1. The second kappa shape index (κ2) is 6.90. The highest BCUT2D eigenvalue weighted by Gasteiger charge is 2.16. The monoisotopic (exact) mass is 285 g/mol. The molecule has 2 N–H and O–H groups in total. The molecular weight excluding hydrogens is 266 g/mol. The molecule has 1 amide bonds. The first-order valence-corrected chi connectivity index (χ1v) is 6.85. The summed E-state index contributed by atoms with van der Waals surface area (Å²) in [6, 6.07) is 14.5. The number of phenolic OH excluding ortho intramolecular Hbond substituents is 1. The van der Waals surface area contributed by atoms with Crippen molar-refractivity contribution >= 4 is 5.91 Å². The smallest absolute Gasteiger partial charge is 0.254 e. The summed E-state index contributed by atoms with van der Waals surface area (Å²) in [7, 11) is 0. The summed E-state index contributed by atoms with van der Waals surface area (Å²) in [6.45, 7) is 2.35. The number of aryl methyl sites for hydroxylation is 1. The molecule has 0 radical (unpaired) electrons. The van der Waals surface area contributed by atoms with E-state index in [9.17, 15) is 9.90 Å². The normalized spacial score (nSPS) is 10.4. The Kier molecular flexibility index (Phi) is 4.95. The van der Waals surface area contributed by atoms with Crippen LogP contribution in [0.2, 0.25) is 0 Å². The molecule has 0 saturated carbocycles. The van der Waals surface area contributed by atoms with E-state index in [4.69, 9.17) is 5.11 Å².